The number of halogens is 1. The lowest BCUT2D eigenvalue weighted by atomic mass is 9.50. The van der Waals surface area contributed by atoms with Gasteiger partial charge in [0.2, 0.25) is 0 Å². The first kappa shape index (κ1) is 23.3. The van der Waals surface area contributed by atoms with E-state index in [1.54, 1.807) is 0 Å². The van der Waals surface area contributed by atoms with Gasteiger partial charge >= 0.3 is 5.97 Å². The third kappa shape index (κ3) is 4.37. The molecule has 4 rings (SSSR count). The molecule has 4 aliphatic rings. The largest absolute Gasteiger partial charge is 0.461 e. The summed E-state index contributed by atoms with van der Waals surface area (Å²) in [5.41, 5.74) is 1.42. The Kier molecular flexibility index (Phi) is 6.91. The van der Waals surface area contributed by atoms with Crippen LogP contribution >= 0.6 is 15.9 Å². The monoisotopic (exact) mass is 496 g/mol. The van der Waals surface area contributed by atoms with E-state index in [4.69, 9.17) is 14.5 Å². The van der Waals surface area contributed by atoms with Crippen LogP contribution in [0, 0.1) is 29.1 Å². The molecule has 0 aromatic rings. The zero-order valence-corrected chi connectivity index (χ0v) is 20.6. The number of rotatable bonds is 6. The van der Waals surface area contributed by atoms with E-state index in [0.29, 0.717) is 23.5 Å². The number of carbonyl (C=O) groups excluding carboxylic acids is 1. The van der Waals surface area contributed by atoms with E-state index in [1.807, 2.05) is 0 Å². The molecular weight excluding hydrogens is 460 g/mol. The topological polar surface area (TPSA) is 65.0 Å². The second-order valence-electron chi connectivity index (χ2n) is 10.3. The third-order valence-electron chi connectivity index (χ3n) is 8.48. The predicted molar refractivity (Wildman–Crippen MR) is 122 cm³/mol. The van der Waals surface area contributed by atoms with Gasteiger partial charge in [-0.3, -0.25) is 4.79 Å². The van der Waals surface area contributed by atoms with Crippen molar-refractivity contribution in [3.05, 3.63) is 24.0 Å². The predicted octanol–water partition coefficient (Wildman–Crippen LogP) is 5.47. The van der Waals surface area contributed by atoms with Crippen molar-refractivity contribution in [2.45, 2.75) is 95.3 Å². The molecule has 0 amide bonds. The Bertz CT molecular complexity index is 735. The quantitative estimate of drug-likeness (QED) is 0.132. The summed E-state index contributed by atoms with van der Waals surface area (Å²) < 4.78 is 5.70. The molecule has 3 saturated carbocycles. The second-order valence-corrected chi connectivity index (χ2v) is 11.5. The summed E-state index contributed by atoms with van der Waals surface area (Å²) in [5, 5.41) is 11.2. The van der Waals surface area contributed by atoms with Crippen molar-refractivity contribution >= 4 is 21.9 Å². The molecule has 0 radical (unpaired) electrons. The Labute approximate surface area is 194 Å². The summed E-state index contributed by atoms with van der Waals surface area (Å²) in [7, 11) is 0. The smallest absolute Gasteiger partial charge is 0.302 e. The van der Waals surface area contributed by atoms with Crippen molar-refractivity contribution in [1.29, 1.82) is 0 Å². The fraction of sp³-hybridized carbons (Fsp3) is 0.800. The fourth-order valence-electron chi connectivity index (χ4n) is 7.09. The number of hydrogen-bond acceptors (Lipinski definition) is 5. The molecule has 9 atom stereocenters. The standard InChI is InChI=1S/C25H37BrO5/c1-5-6-14(2)30-31-17-9-10-25(4)16(11-17)12-22(28)23-19-13-21(26)24(29-15(3)27)18(19)7-8-20(23)25/h12,17-24,28H,2,5-11,13H2,1,3-4H3/t17-,18-,19?,20?,21+,22-,23?,24+,25-/m0/s1. The first-order chi connectivity index (χ1) is 14.7. The van der Waals surface area contributed by atoms with Crippen LogP contribution in [0.3, 0.4) is 0 Å². The van der Waals surface area contributed by atoms with Gasteiger partial charge in [0.25, 0.3) is 0 Å². The van der Waals surface area contributed by atoms with Gasteiger partial charge < -0.3 is 14.7 Å². The molecule has 0 aromatic carbocycles. The molecule has 1 N–H and O–H groups in total. The average molecular weight is 497 g/mol. The summed E-state index contributed by atoms with van der Waals surface area (Å²) in [5.74, 6) is 1.87. The maximum Gasteiger partial charge on any atom is 0.302 e. The number of esters is 1. The van der Waals surface area contributed by atoms with Gasteiger partial charge in [-0.05, 0) is 68.1 Å². The fourth-order valence-corrected chi connectivity index (χ4v) is 8.02. The van der Waals surface area contributed by atoms with Crippen molar-refractivity contribution in [3.63, 3.8) is 0 Å². The average Bonchev–Trinajstić information content (AvgIpc) is 3.02. The summed E-state index contributed by atoms with van der Waals surface area (Å²) in [4.78, 5) is 23.0. The highest BCUT2D eigenvalue weighted by Gasteiger charge is 2.59. The van der Waals surface area contributed by atoms with Gasteiger partial charge in [0.15, 0.2) is 0 Å². The minimum atomic E-state index is -0.452. The molecule has 31 heavy (non-hydrogen) atoms. The maximum absolute atomic E-state index is 11.6. The Morgan fingerprint density at radius 3 is 2.81 bits per heavy atom. The number of aliphatic hydroxyl groups excluding tert-OH is 1. The number of fused-ring (bicyclic) bond motifs is 5. The first-order valence-electron chi connectivity index (χ1n) is 12.0. The van der Waals surface area contributed by atoms with Crippen LogP contribution < -0.4 is 0 Å². The Hall–Kier alpha value is -0.850. The van der Waals surface area contributed by atoms with Gasteiger partial charge in [-0.25, -0.2) is 0 Å². The highest BCUT2D eigenvalue weighted by Crippen LogP contribution is 2.62. The van der Waals surface area contributed by atoms with E-state index in [2.05, 4.69) is 42.4 Å². The molecule has 0 bridgehead atoms. The third-order valence-corrected chi connectivity index (χ3v) is 9.38. The number of ether oxygens (including phenoxy) is 1. The van der Waals surface area contributed by atoms with Gasteiger partial charge in [0.1, 0.15) is 18.0 Å². The zero-order chi connectivity index (χ0) is 22.3. The molecule has 0 spiro atoms. The minimum Gasteiger partial charge on any atom is -0.461 e. The van der Waals surface area contributed by atoms with Crippen molar-refractivity contribution in [2.75, 3.05) is 0 Å². The van der Waals surface area contributed by atoms with Crippen LogP contribution in [0.25, 0.3) is 0 Å². The molecule has 3 unspecified atom stereocenters. The van der Waals surface area contributed by atoms with Gasteiger partial charge in [-0.15, -0.1) is 0 Å². The van der Waals surface area contributed by atoms with Crippen LogP contribution in [-0.2, 0) is 19.3 Å². The number of alkyl halides is 1. The number of aliphatic hydroxyl groups is 1. The molecular formula is C25H37BrO5. The Balaban J connectivity index is 1.49. The van der Waals surface area contributed by atoms with E-state index >= 15 is 0 Å². The summed E-state index contributed by atoms with van der Waals surface area (Å²) in [6, 6.07) is 0. The molecule has 3 fully saturated rings. The van der Waals surface area contributed by atoms with Gasteiger partial charge in [-0.2, -0.15) is 4.89 Å². The number of allylic oxidation sites excluding steroid dienone is 1. The molecule has 0 saturated heterocycles. The van der Waals surface area contributed by atoms with Crippen LogP contribution in [-0.4, -0.2) is 34.2 Å². The van der Waals surface area contributed by atoms with E-state index in [-0.39, 0.29) is 34.3 Å². The van der Waals surface area contributed by atoms with Crippen molar-refractivity contribution in [2.24, 2.45) is 29.1 Å². The second kappa shape index (κ2) is 9.18. The number of carbonyl (C=O) groups is 1. The van der Waals surface area contributed by atoms with Crippen LogP contribution in [0.15, 0.2) is 24.0 Å². The molecule has 5 nitrogen and oxygen atoms in total. The lowest BCUT2D eigenvalue weighted by molar-refractivity contribution is -0.301. The summed E-state index contributed by atoms with van der Waals surface area (Å²) in [6.07, 6.45) is 9.29. The van der Waals surface area contributed by atoms with Crippen LogP contribution in [0.1, 0.15) is 72.1 Å². The van der Waals surface area contributed by atoms with Gasteiger partial charge in [0.05, 0.1) is 10.9 Å². The van der Waals surface area contributed by atoms with Gasteiger partial charge in [0, 0.05) is 19.3 Å². The lowest BCUT2D eigenvalue weighted by Crippen LogP contribution is -2.52. The van der Waals surface area contributed by atoms with Crippen LogP contribution in [0.4, 0.5) is 0 Å². The highest BCUT2D eigenvalue weighted by molar-refractivity contribution is 9.09. The molecule has 174 valence electrons. The molecule has 0 aliphatic heterocycles. The lowest BCUT2D eigenvalue weighted by Gasteiger charge is -2.56. The van der Waals surface area contributed by atoms with Crippen molar-refractivity contribution in [3.8, 4) is 0 Å². The minimum absolute atomic E-state index is 0.0137. The van der Waals surface area contributed by atoms with E-state index in [9.17, 15) is 9.90 Å². The van der Waals surface area contributed by atoms with Crippen molar-refractivity contribution < 1.29 is 24.4 Å². The van der Waals surface area contributed by atoms with E-state index in [1.165, 1.54) is 12.5 Å². The van der Waals surface area contributed by atoms with Crippen molar-refractivity contribution in [1.82, 2.24) is 0 Å². The van der Waals surface area contributed by atoms with E-state index < -0.39 is 6.10 Å². The van der Waals surface area contributed by atoms with Gasteiger partial charge in [-0.1, -0.05) is 48.0 Å². The Morgan fingerprint density at radius 1 is 1.32 bits per heavy atom. The number of hydrogen-bond donors (Lipinski definition) is 1. The summed E-state index contributed by atoms with van der Waals surface area (Å²) >= 11 is 3.78. The molecule has 6 heteroatoms. The molecule has 4 aliphatic carbocycles. The SMILES string of the molecule is C=C(CCC)OO[C@H]1CC[C@@]2(C)C(=C[C@H](O)C3C4C[C@@H](Br)[C@H](OC(C)=O)[C@H]4CCC32)C1. The van der Waals surface area contributed by atoms with Crippen LogP contribution in [0.5, 0.6) is 0 Å². The Morgan fingerprint density at radius 2 is 2.10 bits per heavy atom. The first-order valence-corrected chi connectivity index (χ1v) is 12.9. The molecule has 0 heterocycles. The van der Waals surface area contributed by atoms with E-state index in [0.717, 1.165) is 51.4 Å². The maximum atomic E-state index is 11.6. The van der Waals surface area contributed by atoms with Crippen LogP contribution in [0.2, 0.25) is 0 Å². The summed E-state index contributed by atoms with van der Waals surface area (Å²) in [6.45, 7) is 9.89. The normalized spacial score (nSPS) is 43.8. The molecule has 0 aromatic heterocycles. The highest BCUT2D eigenvalue weighted by atomic mass is 79.9. The zero-order valence-electron chi connectivity index (χ0n) is 19.0.